The van der Waals surface area contributed by atoms with E-state index in [0.29, 0.717) is 17.8 Å². The van der Waals surface area contributed by atoms with Crippen LogP contribution in [0.2, 0.25) is 0 Å². The maximum absolute atomic E-state index is 8.72. The lowest BCUT2D eigenvalue weighted by atomic mass is 10.0. The molecule has 1 rings (SSSR count). The van der Waals surface area contributed by atoms with Gasteiger partial charge in [0.2, 0.25) is 0 Å². The Bertz CT molecular complexity index is 206. The highest BCUT2D eigenvalue weighted by Gasteiger charge is 2.41. The summed E-state index contributed by atoms with van der Waals surface area (Å²) < 4.78 is 0. The Labute approximate surface area is 86.1 Å². The van der Waals surface area contributed by atoms with Gasteiger partial charge in [0.25, 0.3) is 0 Å². The molecule has 0 aromatic heterocycles. The Morgan fingerprint density at radius 3 is 2.79 bits per heavy atom. The van der Waals surface area contributed by atoms with Crippen LogP contribution in [0.15, 0.2) is 0 Å². The minimum Gasteiger partial charge on any atom is -0.396 e. The van der Waals surface area contributed by atoms with E-state index in [1.165, 1.54) is 12.8 Å². The Morgan fingerprint density at radius 1 is 1.57 bits per heavy atom. The SMILES string of the molecule is CC(CCO)CNCC1(CC#N)CC1. The minimum atomic E-state index is 0.270. The molecule has 3 heteroatoms. The second kappa shape index (κ2) is 5.33. The molecule has 0 amide bonds. The van der Waals surface area contributed by atoms with Crippen LogP contribution in [0.3, 0.4) is 0 Å². The third-order valence-corrected chi connectivity index (χ3v) is 3.03. The molecule has 1 unspecified atom stereocenters. The van der Waals surface area contributed by atoms with E-state index in [4.69, 9.17) is 10.4 Å². The average Bonchev–Trinajstić information content (AvgIpc) is 2.86. The first-order chi connectivity index (χ1) is 6.72. The minimum absolute atomic E-state index is 0.270. The zero-order valence-corrected chi connectivity index (χ0v) is 8.92. The van der Waals surface area contributed by atoms with Crippen molar-refractivity contribution in [2.75, 3.05) is 19.7 Å². The normalized spacial score (nSPS) is 20.1. The number of nitriles is 1. The van der Waals surface area contributed by atoms with Gasteiger partial charge in [0, 0.05) is 19.6 Å². The summed E-state index contributed by atoms with van der Waals surface area (Å²) in [4.78, 5) is 0. The van der Waals surface area contributed by atoms with E-state index in [2.05, 4.69) is 18.3 Å². The standard InChI is InChI=1S/C11H20N2O/c1-10(2-7-14)8-13-9-11(3-4-11)5-6-12/h10,13-14H,2-5,7-9H2,1H3. The monoisotopic (exact) mass is 196 g/mol. The second-order valence-corrected chi connectivity index (χ2v) is 4.58. The zero-order chi connectivity index (χ0) is 10.4. The fourth-order valence-corrected chi connectivity index (χ4v) is 1.67. The fraction of sp³-hybridized carbons (Fsp3) is 0.909. The molecule has 0 aromatic rings. The molecule has 1 saturated carbocycles. The highest BCUT2D eigenvalue weighted by Crippen LogP contribution is 2.47. The van der Waals surface area contributed by atoms with Crippen molar-refractivity contribution in [3.63, 3.8) is 0 Å². The summed E-state index contributed by atoms with van der Waals surface area (Å²) in [6, 6.07) is 2.25. The van der Waals surface area contributed by atoms with Gasteiger partial charge in [-0.15, -0.1) is 0 Å². The fourth-order valence-electron chi connectivity index (χ4n) is 1.67. The molecule has 2 N–H and O–H groups in total. The molecule has 1 aliphatic carbocycles. The molecule has 3 nitrogen and oxygen atoms in total. The molecule has 0 radical (unpaired) electrons. The first kappa shape index (κ1) is 11.5. The lowest BCUT2D eigenvalue weighted by Gasteiger charge is -2.15. The molecule has 80 valence electrons. The summed E-state index contributed by atoms with van der Waals surface area (Å²) in [6.45, 7) is 4.32. The third kappa shape index (κ3) is 3.65. The van der Waals surface area contributed by atoms with Crippen molar-refractivity contribution in [1.29, 1.82) is 5.26 Å². The molecule has 1 atom stereocenters. The van der Waals surface area contributed by atoms with E-state index >= 15 is 0 Å². The van der Waals surface area contributed by atoms with Gasteiger partial charge < -0.3 is 10.4 Å². The van der Waals surface area contributed by atoms with Crippen LogP contribution in [0.5, 0.6) is 0 Å². The van der Waals surface area contributed by atoms with Crippen molar-refractivity contribution in [3.8, 4) is 6.07 Å². The lowest BCUT2D eigenvalue weighted by Crippen LogP contribution is -2.28. The van der Waals surface area contributed by atoms with E-state index in [9.17, 15) is 0 Å². The van der Waals surface area contributed by atoms with Crippen LogP contribution in [-0.4, -0.2) is 24.8 Å². The van der Waals surface area contributed by atoms with Crippen molar-refractivity contribution in [2.24, 2.45) is 11.3 Å². The van der Waals surface area contributed by atoms with E-state index in [0.717, 1.165) is 19.5 Å². The quantitative estimate of drug-likeness (QED) is 0.645. The summed E-state index contributed by atoms with van der Waals surface area (Å²) in [6.07, 6.45) is 3.94. The zero-order valence-electron chi connectivity index (χ0n) is 8.92. The third-order valence-electron chi connectivity index (χ3n) is 3.03. The van der Waals surface area contributed by atoms with E-state index in [1.54, 1.807) is 0 Å². The molecule has 0 aliphatic heterocycles. The summed E-state index contributed by atoms with van der Waals surface area (Å²) in [5.41, 5.74) is 0.299. The predicted molar refractivity (Wildman–Crippen MR) is 55.6 cm³/mol. The number of hydrogen-bond acceptors (Lipinski definition) is 3. The number of rotatable bonds is 7. The van der Waals surface area contributed by atoms with Crippen molar-refractivity contribution < 1.29 is 5.11 Å². The highest BCUT2D eigenvalue weighted by atomic mass is 16.3. The second-order valence-electron chi connectivity index (χ2n) is 4.58. The molecular weight excluding hydrogens is 176 g/mol. The number of hydrogen-bond donors (Lipinski definition) is 2. The van der Waals surface area contributed by atoms with Crippen LogP contribution in [0.1, 0.15) is 32.6 Å². The smallest absolute Gasteiger partial charge is 0.0628 e. The van der Waals surface area contributed by atoms with Gasteiger partial charge in [0.05, 0.1) is 6.07 Å². The molecule has 0 bridgehead atoms. The van der Waals surface area contributed by atoms with Gasteiger partial charge in [0.15, 0.2) is 0 Å². The van der Waals surface area contributed by atoms with Crippen molar-refractivity contribution in [3.05, 3.63) is 0 Å². The average molecular weight is 196 g/mol. The maximum Gasteiger partial charge on any atom is 0.0628 e. The van der Waals surface area contributed by atoms with Crippen LogP contribution >= 0.6 is 0 Å². The van der Waals surface area contributed by atoms with Crippen LogP contribution in [-0.2, 0) is 0 Å². The number of aliphatic hydroxyl groups excluding tert-OH is 1. The first-order valence-corrected chi connectivity index (χ1v) is 5.41. The molecule has 0 spiro atoms. The van der Waals surface area contributed by atoms with Crippen LogP contribution in [0.4, 0.5) is 0 Å². The topological polar surface area (TPSA) is 56.0 Å². The van der Waals surface area contributed by atoms with Crippen molar-refractivity contribution in [2.45, 2.75) is 32.6 Å². The van der Waals surface area contributed by atoms with Gasteiger partial charge in [0.1, 0.15) is 0 Å². The van der Waals surface area contributed by atoms with Gasteiger partial charge >= 0.3 is 0 Å². The van der Waals surface area contributed by atoms with Gasteiger partial charge in [-0.1, -0.05) is 6.92 Å². The Kier molecular flexibility index (Phi) is 4.37. The summed E-state index contributed by atoms with van der Waals surface area (Å²) >= 11 is 0. The van der Waals surface area contributed by atoms with E-state index < -0.39 is 0 Å². The van der Waals surface area contributed by atoms with Gasteiger partial charge in [-0.3, -0.25) is 0 Å². The molecule has 1 fully saturated rings. The summed E-state index contributed by atoms with van der Waals surface area (Å²) in [5.74, 6) is 0.526. The van der Waals surface area contributed by atoms with Crippen LogP contribution in [0.25, 0.3) is 0 Å². The molecule has 0 heterocycles. The van der Waals surface area contributed by atoms with Crippen molar-refractivity contribution in [1.82, 2.24) is 5.32 Å². The lowest BCUT2D eigenvalue weighted by molar-refractivity contribution is 0.258. The number of nitrogens with one attached hydrogen (secondary N) is 1. The van der Waals surface area contributed by atoms with Crippen LogP contribution < -0.4 is 5.32 Å². The van der Waals surface area contributed by atoms with E-state index in [-0.39, 0.29) is 6.61 Å². The largest absolute Gasteiger partial charge is 0.396 e. The van der Waals surface area contributed by atoms with Crippen LogP contribution in [0, 0.1) is 22.7 Å². The molecule has 14 heavy (non-hydrogen) atoms. The van der Waals surface area contributed by atoms with Crippen molar-refractivity contribution >= 4 is 0 Å². The summed E-state index contributed by atoms with van der Waals surface area (Å²) in [7, 11) is 0. The Hall–Kier alpha value is -0.590. The summed E-state index contributed by atoms with van der Waals surface area (Å²) in [5, 5.41) is 20.7. The van der Waals surface area contributed by atoms with Gasteiger partial charge in [-0.05, 0) is 37.1 Å². The molecular formula is C11H20N2O. The van der Waals surface area contributed by atoms with Gasteiger partial charge in [-0.25, -0.2) is 0 Å². The maximum atomic E-state index is 8.72. The Morgan fingerprint density at radius 2 is 2.29 bits per heavy atom. The first-order valence-electron chi connectivity index (χ1n) is 5.41. The molecule has 0 aromatic carbocycles. The number of nitrogens with zero attached hydrogens (tertiary/aromatic N) is 1. The van der Waals surface area contributed by atoms with Gasteiger partial charge in [-0.2, -0.15) is 5.26 Å². The molecule has 1 aliphatic rings. The van der Waals surface area contributed by atoms with E-state index in [1.807, 2.05) is 0 Å². The Balaban J connectivity index is 2.07. The number of aliphatic hydroxyl groups is 1. The predicted octanol–water partition coefficient (Wildman–Crippen LogP) is 1.29. The highest BCUT2D eigenvalue weighted by molar-refractivity contribution is 5.00. The molecule has 0 saturated heterocycles.